The summed E-state index contributed by atoms with van der Waals surface area (Å²) in [7, 11) is 0. The minimum Gasteiger partial charge on any atom is -0.504 e. The van der Waals surface area contributed by atoms with Crippen LogP contribution in [0.4, 0.5) is 0 Å². The van der Waals surface area contributed by atoms with Crippen LogP contribution in [0.25, 0.3) is 11.0 Å². The van der Waals surface area contributed by atoms with E-state index in [9.17, 15) is 15.0 Å². The van der Waals surface area contributed by atoms with E-state index in [1.165, 1.54) is 23.0 Å². The van der Waals surface area contributed by atoms with Gasteiger partial charge in [0.05, 0.1) is 11.7 Å². The van der Waals surface area contributed by atoms with E-state index in [0.717, 1.165) is 5.52 Å². The average Bonchev–Trinajstić information content (AvgIpc) is 2.94. The summed E-state index contributed by atoms with van der Waals surface area (Å²) in [5, 5.41) is 30.2. The minimum absolute atomic E-state index is 0.0152. The van der Waals surface area contributed by atoms with Gasteiger partial charge < -0.3 is 10.2 Å². The predicted octanol–water partition coefficient (Wildman–Crippen LogP) is 0.993. The topological polar surface area (TPSA) is 113 Å². The number of carbonyl (C=O) groups excluding carboxylic acids is 1. The Morgan fingerprint density at radius 1 is 1.22 bits per heavy atom. The zero-order chi connectivity index (χ0) is 16.2. The van der Waals surface area contributed by atoms with Crippen molar-refractivity contribution in [2.45, 2.75) is 6.54 Å². The minimum atomic E-state index is -0.361. The first-order valence-corrected chi connectivity index (χ1v) is 6.75. The van der Waals surface area contributed by atoms with Gasteiger partial charge in [-0.2, -0.15) is 5.10 Å². The van der Waals surface area contributed by atoms with Gasteiger partial charge in [0.2, 0.25) is 0 Å². The molecule has 0 bridgehead atoms. The van der Waals surface area contributed by atoms with E-state index in [1.807, 2.05) is 24.3 Å². The number of aromatic nitrogens is 3. The SMILES string of the molecule is O=C(Cn1nnc2ccccc21)N/N=C\c1ccc(O)c(O)c1. The Morgan fingerprint density at radius 2 is 2.04 bits per heavy atom. The number of phenolic OH excluding ortho intramolecular Hbond substituents is 2. The van der Waals surface area contributed by atoms with Gasteiger partial charge in [-0.1, -0.05) is 17.3 Å². The summed E-state index contributed by atoms with van der Waals surface area (Å²) in [5.74, 6) is -0.835. The number of phenols is 2. The molecule has 1 amide bonds. The van der Waals surface area contributed by atoms with E-state index in [1.54, 1.807) is 6.07 Å². The highest BCUT2D eigenvalue weighted by Gasteiger charge is 2.07. The largest absolute Gasteiger partial charge is 0.504 e. The molecule has 0 saturated heterocycles. The molecule has 116 valence electrons. The van der Waals surface area contributed by atoms with Crippen LogP contribution in [0.15, 0.2) is 47.6 Å². The molecule has 8 nitrogen and oxygen atoms in total. The Bertz CT molecular complexity index is 888. The van der Waals surface area contributed by atoms with Crippen LogP contribution in [0.1, 0.15) is 5.56 Å². The number of carbonyl (C=O) groups is 1. The number of rotatable bonds is 4. The molecule has 0 radical (unpaired) electrons. The van der Waals surface area contributed by atoms with Crippen molar-refractivity contribution in [3.8, 4) is 11.5 Å². The molecule has 3 rings (SSSR count). The number of nitrogens with one attached hydrogen (secondary N) is 1. The molecule has 0 fully saturated rings. The first-order chi connectivity index (χ1) is 11.1. The maximum Gasteiger partial charge on any atom is 0.261 e. The van der Waals surface area contributed by atoms with Gasteiger partial charge in [-0.05, 0) is 35.9 Å². The van der Waals surface area contributed by atoms with Gasteiger partial charge in [-0.15, -0.1) is 5.10 Å². The van der Waals surface area contributed by atoms with Crippen molar-refractivity contribution in [1.29, 1.82) is 0 Å². The molecule has 23 heavy (non-hydrogen) atoms. The summed E-state index contributed by atoms with van der Waals surface area (Å²) >= 11 is 0. The monoisotopic (exact) mass is 311 g/mol. The van der Waals surface area contributed by atoms with Crippen LogP contribution in [0.3, 0.4) is 0 Å². The molecule has 0 unspecified atom stereocenters. The second-order valence-corrected chi connectivity index (χ2v) is 4.78. The molecule has 3 N–H and O–H groups in total. The number of nitrogens with zero attached hydrogens (tertiary/aromatic N) is 4. The van der Waals surface area contributed by atoms with Crippen LogP contribution in [-0.2, 0) is 11.3 Å². The van der Waals surface area contributed by atoms with E-state index in [4.69, 9.17) is 0 Å². The number of amides is 1. The second-order valence-electron chi connectivity index (χ2n) is 4.78. The van der Waals surface area contributed by atoms with Gasteiger partial charge in [0, 0.05) is 0 Å². The van der Waals surface area contributed by atoms with Gasteiger partial charge in [0.1, 0.15) is 12.1 Å². The van der Waals surface area contributed by atoms with Crippen molar-refractivity contribution in [2.24, 2.45) is 5.10 Å². The lowest BCUT2D eigenvalue weighted by Crippen LogP contribution is -2.23. The first kappa shape index (κ1) is 14.5. The Hall–Kier alpha value is -3.42. The Labute approximate surface area is 130 Å². The molecule has 1 aromatic heterocycles. The van der Waals surface area contributed by atoms with Crippen LogP contribution in [-0.4, -0.2) is 37.3 Å². The van der Waals surface area contributed by atoms with E-state index < -0.39 is 0 Å². The fraction of sp³-hybridized carbons (Fsp3) is 0.0667. The molecule has 2 aromatic carbocycles. The molecule has 1 heterocycles. The third-order valence-electron chi connectivity index (χ3n) is 3.12. The lowest BCUT2D eigenvalue weighted by molar-refractivity contribution is -0.121. The molecular weight excluding hydrogens is 298 g/mol. The molecule has 0 atom stereocenters. The van der Waals surface area contributed by atoms with Gasteiger partial charge in [-0.25, -0.2) is 10.1 Å². The standard InChI is InChI=1S/C15H13N5O3/c21-13-6-5-10(7-14(13)22)8-16-18-15(23)9-20-12-4-2-1-3-11(12)17-19-20/h1-8,21-22H,9H2,(H,18,23)/b16-8-. The van der Waals surface area contributed by atoms with Crippen molar-refractivity contribution in [3.63, 3.8) is 0 Å². The molecule has 3 aromatic rings. The highest BCUT2D eigenvalue weighted by atomic mass is 16.3. The van der Waals surface area contributed by atoms with E-state index in [-0.39, 0.29) is 24.0 Å². The van der Waals surface area contributed by atoms with Crippen LogP contribution in [0.2, 0.25) is 0 Å². The zero-order valence-electron chi connectivity index (χ0n) is 11.9. The van der Waals surface area contributed by atoms with Crippen molar-refractivity contribution >= 4 is 23.2 Å². The number of fused-ring (bicyclic) bond motifs is 1. The first-order valence-electron chi connectivity index (χ1n) is 6.75. The fourth-order valence-electron chi connectivity index (χ4n) is 2.01. The number of hydrazone groups is 1. The van der Waals surface area contributed by atoms with E-state index in [2.05, 4.69) is 20.8 Å². The smallest absolute Gasteiger partial charge is 0.261 e. The van der Waals surface area contributed by atoms with Crippen molar-refractivity contribution in [3.05, 3.63) is 48.0 Å². The van der Waals surface area contributed by atoms with E-state index in [0.29, 0.717) is 11.1 Å². The lowest BCUT2D eigenvalue weighted by Gasteiger charge is -2.01. The van der Waals surface area contributed by atoms with Gasteiger partial charge in [0.25, 0.3) is 5.91 Å². The summed E-state index contributed by atoms with van der Waals surface area (Å²) in [4.78, 5) is 11.9. The van der Waals surface area contributed by atoms with Crippen LogP contribution < -0.4 is 5.43 Å². The molecule has 0 aliphatic carbocycles. The van der Waals surface area contributed by atoms with Gasteiger partial charge in [0.15, 0.2) is 11.5 Å². The number of hydrogen-bond donors (Lipinski definition) is 3. The third-order valence-corrected chi connectivity index (χ3v) is 3.12. The zero-order valence-corrected chi connectivity index (χ0v) is 11.9. The molecule has 0 saturated carbocycles. The lowest BCUT2D eigenvalue weighted by atomic mass is 10.2. The van der Waals surface area contributed by atoms with Crippen LogP contribution in [0.5, 0.6) is 11.5 Å². The molecule has 0 spiro atoms. The quantitative estimate of drug-likeness (QED) is 0.378. The fourth-order valence-corrected chi connectivity index (χ4v) is 2.01. The molecular formula is C15H13N5O3. The molecule has 8 heteroatoms. The second kappa shape index (κ2) is 6.14. The molecule has 0 aliphatic rings. The number of benzene rings is 2. The normalized spacial score (nSPS) is 11.1. The van der Waals surface area contributed by atoms with Crippen molar-refractivity contribution in [2.75, 3.05) is 0 Å². The summed E-state index contributed by atoms with van der Waals surface area (Å²) < 4.78 is 1.48. The van der Waals surface area contributed by atoms with E-state index >= 15 is 0 Å². The van der Waals surface area contributed by atoms with Crippen molar-refractivity contribution < 1.29 is 15.0 Å². The summed E-state index contributed by atoms with van der Waals surface area (Å²) in [6.45, 7) is -0.0152. The summed E-state index contributed by atoms with van der Waals surface area (Å²) in [6.07, 6.45) is 1.36. The van der Waals surface area contributed by atoms with Crippen LogP contribution >= 0.6 is 0 Å². The summed E-state index contributed by atoms with van der Waals surface area (Å²) in [6, 6.07) is 11.5. The highest BCUT2D eigenvalue weighted by Crippen LogP contribution is 2.23. The Morgan fingerprint density at radius 3 is 2.87 bits per heavy atom. The maximum absolute atomic E-state index is 11.9. The number of aromatic hydroxyl groups is 2. The van der Waals surface area contributed by atoms with Gasteiger partial charge in [-0.3, -0.25) is 4.79 Å². The number of hydrogen-bond acceptors (Lipinski definition) is 6. The van der Waals surface area contributed by atoms with Gasteiger partial charge >= 0.3 is 0 Å². The van der Waals surface area contributed by atoms with Crippen molar-refractivity contribution in [1.82, 2.24) is 20.4 Å². The summed E-state index contributed by atoms with van der Waals surface area (Å²) in [5.41, 5.74) is 4.37. The average molecular weight is 311 g/mol. The Kier molecular flexibility index (Phi) is 3.88. The maximum atomic E-state index is 11.9. The van der Waals surface area contributed by atoms with Crippen LogP contribution in [0, 0.1) is 0 Å². The molecule has 0 aliphatic heterocycles. The third kappa shape index (κ3) is 3.26. The highest BCUT2D eigenvalue weighted by molar-refractivity contribution is 5.84. The number of para-hydroxylation sites is 1. The predicted molar refractivity (Wildman–Crippen MR) is 83.0 cm³/mol. The Balaban J connectivity index is 1.63.